The van der Waals surface area contributed by atoms with E-state index in [2.05, 4.69) is 52.1 Å². The topological polar surface area (TPSA) is 84.5 Å². The summed E-state index contributed by atoms with van der Waals surface area (Å²) in [7, 11) is 0. The summed E-state index contributed by atoms with van der Waals surface area (Å²) < 4.78 is 5.69. The number of aliphatic hydroxyl groups is 1. The molecule has 1 unspecified atom stereocenters. The summed E-state index contributed by atoms with van der Waals surface area (Å²) in [4.78, 5) is 11.3. The molecule has 154 valence electrons. The molecule has 0 radical (unpaired) electrons. The SMILES string of the molecule is CCCCOc1nc(N)c2c(n1)C(Cc1ccc(CN3CCC(O)C3)cc1)=CC2. The number of nitrogens with zero attached hydrogens (tertiary/aromatic N) is 3. The average Bonchev–Trinajstić information content (AvgIpc) is 3.30. The van der Waals surface area contributed by atoms with Crippen LogP contribution in [0, 0.1) is 0 Å². The highest BCUT2D eigenvalue weighted by Gasteiger charge is 2.22. The number of β-amino-alcohol motifs (C(OH)–C–C–N with tert-alkyl or cyclic N) is 1. The molecule has 0 saturated carbocycles. The third kappa shape index (κ3) is 4.77. The zero-order valence-corrected chi connectivity index (χ0v) is 17.1. The van der Waals surface area contributed by atoms with E-state index in [0.717, 1.165) is 63.0 Å². The summed E-state index contributed by atoms with van der Waals surface area (Å²) in [6.45, 7) is 5.38. The van der Waals surface area contributed by atoms with Crippen LogP contribution in [-0.2, 0) is 19.4 Å². The number of benzene rings is 1. The van der Waals surface area contributed by atoms with Gasteiger partial charge in [0.2, 0.25) is 0 Å². The molecule has 0 bridgehead atoms. The van der Waals surface area contributed by atoms with Crippen LogP contribution >= 0.6 is 0 Å². The van der Waals surface area contributed by atoms with Gasteiger partial charge >= 0.3 is 6.01 Å². The van der Waals surface area contributed by atoms with E-state index in [9.17, 15) is 5.11 Å². The molecule has 6 heteroatoms. The van der Waals surface area contributed by atoms with Crippen LogP contribution in [0.2, 0.25) is 0 Å². The van der Waals surface area contributed by atoms with Crippen LogP contribution in [0.3, 0.4) is 0 Å². The van der Waals surface area contributed by atoms with Gasteiger partial charge in [0.15, 0.2) is 0 Å². The Morgan fingerprint density at radius 2 is 2.00 bits per heavy atom. The Balaban J connectivity index is 1.42. The van der Waals surface area contributed by atoms with Gasteiger partial charge in [-0.05, 0) is 42.4 Å². The molecule has 1 saturated heterocycles. The number of hydrogen-bond donors (Lipinski definition) is 2. The number of hydrogen-bond acceptors (Lipinski definition) is 6. The monoisotopic (exact) mass is 394 g/mol. The van der Waals surface area contributed by atoms with Gasteiger partial charge in [-0.25, -0.2) is 0 Å². The number of aliphatic hydroxyl groups excluding tert-OH is 1. The van der Waals surface area contributed by atoms with Crippen LogP contribution in [0.15, 0.2) is 30.3 Å². The van der Waals surface area contributed by atoms with Crippen molar-refractivity contribution in [2.45, 2.75) is 51.7 Å². The van der Waals surface area contributed by atoms with Gasteiger partial charge in [-0.3, -0.25) is 4.90 Å². The molecule has 1 atom stereocenters. The second-order valence-electron chi connectivity index (χ2n) is 8.02. The predicted molar refractivity (Wildman–Crippen MR) is 115 cm³/mol. The van der Waals surface area contributed by atoms with Crippen molar-refractivity contribution in [3.63, 3.8) is 0 Å². The van der Waals surface area contributed by atoms with Crippen LogP contribution < -0.4 is 10.5 Å². The third-order valence-corrected chi connectivity index (χ3v) is 5.68. The predicted octanol–water partition coefficient (Wildman–Crippen LogP) is 2.99. The molecular weight excluding hydrogens is 364 g/mol. The van der Waals surface area contributed by atoms with Crippen molar-refractivity contribution in [3.8, 4) is 6.01 Å². The Morgan fingerprint density at radius 3 is 2.72 bits per heavy atom. The van der Waals surface area contributed by atoms with Crippen molar-refractivity contribution in [1.82, 2.24) is 14.9 Å². The molecule has 2 heterocycles. The lowest BCUT2D eigenvalue weighted by Gasteiger charge is -2.15. The standard InChI is InChI=1S/C23H30N4O2/c1-2-3-12-29-23-25-21-18(8-9-20(21)22(24)26-23)13-16-4-6-17(7-5-16)14-27-11-10-19(28)15-27/h4-8,19,28H,2-3,9-15H2,1H3,(H2,24,25,26). The zero-order chi connectivity index (χ0) is 20.2. The van der Waals surface area contributed by atoms with E-state index in [1.54, 1.807) is 0 Å². The molecule has 1 aromatic carbocycles. The van der Waals surface area contributed by atoms with Crippen molar-refractivity contribution in [3.05, 3.63) is 52.7 Å². The number of rotatable bonds is 8. The van der Waals surface area contributed by atoms with Crippen molar-refractivity contribution < 1.29 is 9.84 Å². The van der Waals surface area contributed by atoms with Crippen LogP contribution in [0.4, 0.5) is 5.82 Å². The number of fused-ring (bicyclic) bond motifs is 1. The molecule has 4 rings (SSSR count). The maximum Gasteiger partial charge on any atom is 0.318 e. The first-order valence-corrected chi connectivity index (χ1v) is 10.6. The van der Waals surface area contributed by atoms with E-state index in [1.807, 2.05) is 0 Å². The Bertz CT molecular complexity index is 879. The maximum absolute atomic E-state index is 9.68. The zero-order valence-electron chi connectivity index (χ0n) is 17.1. The van der Waals surface area contributed by atoms with Gasteiger partial charge in [0, 0.05) is 25.2 Å². The van der Waals surface area contributed by atoms with Crippen LogP contribution in [-0.4, -0.2) is 45.8 Å². The minimum Gasteiger partial charge on any atom is -0.463 e. The summed E-state index contributed by atoms with van der Waals surface area (Å²) in [5, 5.41) is 9.68. The Morgan fingerprint density at radius 1 is 1.21 bits per heavy atom. The van der Waals surface area contributed by atoms with Gasteiger partial charge in [-0.2, -0.15) is 9.97 Å². The first-order chi connectivity index (χ1) is 14.1. The van der Waals surface area contributed by atoms with E-state index in [-0.39, 0.29) is 6.10 Å². The molecule has 1 aromatic heterocycles. The first-order valence-electron chi connectivity index (χ1n) is 10.6. The fourth-order valence-corrected chi connectivity index (χ4v) is 3.99. The molecule has 1 aliphatic carbocycles. The highest BCUT2D eigenvalue weighted by atomic mass is 16.5. The minimum atomic E-state index is -0.172. The van der Waals surface area contributed by atoms with Crippen LogP contribution in [0.25, 0.3) is 5.57 Å². The van der Waals surface area contributed by atoms with Crippen molar-refractivity contribution in [2.24, 2.45) is 0 Å². The van der Waals surface area contributed by atoms with Crippen molar-refractivity contribution >= 4 is 11.4 Å². The van der Waals surface area contributed by atoms with Gasteiger partial charge in [-0.15, -0.1) is 0 Å². The largest absolute Gasteiger partial charge is 0.463 e. The molecule has 2 aromatic rings. The van der Waals surface area contributed by atoms with E-state index in [4.69, 9.17) is 10.5 Å². The molecule has 3 N–H and O–H groups in total. The average molecular weight is 395 g/mol. The minimum absolute atomic E-state index is 0.172. The number of unbranched alkanes of at least 4 members (excludes halogenated alkanes) is 1. The summed E-state index contributed by atoms with van der Waals surface area (Å²) in [6, 6.07) is 9.12. The third-order valence-electron chi connectivity index (χ3n) is 5.68. The highest BCUT2D eigenvalue weighted by molar-refractivity contribution is 5.75. The second-order valence-corrected chi connectivity index (χ2v) is 8.02. The van der Waals surface area contributed by atoms with Crippen LogP contribution in [0.5, 0.6) is 6.01 Å². The summed E-state index contributed by atoms with van der Waals surface area (Å²) >= 11 is 0. The number of anilines is 1. The number of ether oxygens (including phenoxy) is 1. The molecule has 0 spiro atoms. The van der Waals surface area contributed by atoms with Gasteiger partial charge < -0.3 is 15.6 Å². The molecule has 1 fully saturated rings. The normalized spacial score (nSPS) is 18.7. The lowest BCUT2D eigenvalue weighted by molar-refractivity contribution is 0.175. The van der Waals surface area contributed by atoms with Crippen molar-refractivity contribution in [1.29, 1.82) is 0 Å². The Hall–Kier alpha value is -2.44. The molecule has 29 heavy (non-hydrogen) atoms. The van der Waals surface area contributed by atoms with Gasteiger partial charge in [0.05, 0.1) is 18.4 Å². The first kappa shape index (κ1) is 19.9. The van der Waals surface area contributed by atoms with E-state index < -0.39 is 0 Å². The number of allylic oxidation sites excluding steroid dienone is 2. The Kier molecular flexibility index (Phi) is 6.11. The highest BCUT2D eigenvalue weighted by Crippen LogP contribution is 2.32. The second kappa shape index (κ2) is 8.93. The number of likely N-dealkylation sites (tertiary alicyclic amines) is 1. The van der Waals surface area contributed by atoms with Crippen LogP contribution in [0.1, 0.15) is 48.6 Å². The molecule has 2 aliphatic rings. The van der Waals surface area contributed by atoms with Gasteiger partial charge in [-0.1, -0.05) is 43.7 Å². The van der Waals surface area contributed by atoms with Crippen molar-refractivity contribution in [2.75, 3.05) is 25.4 Å². The molecular formula is C23H30N4O2. The molecule has 1 aliphatic heterocycles. The van der Waals surface area contributed by atoms with Gasteiger partial charge in [0.1, 0.15) is 5.82 Å². The number of aromatic nitrogens is 2. The van der Waals surface area contributed by atoms with E-state index in [0.29, 0.717) is 18.4 Å². The summed E-state index contributed by atoms with van der Waals surface area (Å²) in [6.07, 6.45) is 6.55. The van der Waals surface area contributed by atoms with Gasteiger partial charge in [0.25, 0.3) is 0 Å². The fraction of sp³-hybridized carbons (Fsp3) is 0.478. The Labute approximate surface area is 172 Å². The van der Waals surface area contributed by atoms with E-state index >= 15 is 0 Å². The molecule has 0 amide bonds. The maximum atomic E-state index is 9.68. The number of nitrogens with two attached hydrogens (primary N) is 1. The lowest BCUT2D eigenvalue weighted by atomic mass is 10.0. The van der Waals surface area contributed by atoms with E-state index in [1.165, 1.54) is 16.7 Å². The number of nitrogen functional groups attached to an aromatic ring is 1. The summed E-state index contributed by atoms with van der Waals surface area (Å²) in [5.41, 5.74) is 11.8. The quantitative estimate of drug-likeness (QED) is 0.670. The smallest absolute Gasteiger partial charge is 0.318 e. The lowest BCUT2D eigenvalue weighted by Crippen LogP contribution is -2.21. The fourth-order valence-electron chi connectivity index (χ4n) is 3.99. The molecule has 6 nitrogen and oxygen atoms in total. The summed E-state index contributed by atoms with van der Waals surface area (Å²) in [5.74, 6) is 0.524.